The first-order valence-corrected chi connectivity index (χ1v) is 5.37. The van der Waals surface area contributed by atoms with E-state index in [1.165, 1.54) is 10.6 Å². The maximum absolute atomic E-state index is 12.1. The van der Waals surface area contributed by atoms with Gasteiger partial charge in [0.2, 0.25) is 0 Å². The molecule has 126 valence electrons. The molecule has 13 heteroatoms. The van der Waals surface area contributed by atoms with Crippen molar-refractivity contribution in [3.05, 3.63) is 28.3 Å². The van der Waals surface area contributed by atoms with Gasteiger partial charge in [-0.05, 0) is 12.1 Å². The second kappa shape index (κ2) is 6.10. The van der Waals surface area contributed by atoms with E-state index in [1.54, 1.807) is 0 Å². The summed E-state index contributed by atoms with van der Waals surface area (Å²) in [6.07, 6.45) is -10.6. The van der Waals surface area contributed by atoms with E-state index in [4.69, 9.17) is 0 Å². The van der Waals surface area contributed by atoms with Gasteiger partial charge in [0.1, 0.15) is 5.69 Å². The second-order valence-electron chi connectivity index (χ2n) is 3.89. The number of hydrogen-bond donors (Lipinski definition) is 2. The van der Waals surface area contributed by atoms with Crippen molar-refractivity contribution in [2.24, 2.45) is 0 Å². The van der Waals surface area contributed by atoms with E-state index < -0.39 is 46.2 Å². The molecule has 0 aliphatic carbocycles. The highest BCUT2D eigenvalue weighted by atomic mass is 19.4. The van der Waals surface area contributed by atoms with Crippen molar-refractivity contribution in [2.45, 2.75) is 12.4 Å². The molecule has 0 aromatic heterocycles. The van der Waals surface area contributed by atoms with Crippen LogP contribution < -0.4 is 10.6 Å². The van der Waals surface area contributed by atoms with Gasteiger partial charge in [-0.25, -0.2) is 0 Å². The third-order valence-electron chi connectivity index (χ3n) is 2.22. The fraction of sp³-hybridized carbons (Fsp3) is 0.200. The van der Waals surface area contributed by atoms with Crippen molar-refractivity contribution in [3.63, 3.8) is 0 Å². The summed E-state index contributed by atoms with van der Waals surface area (Å²) in [6, 6.07) is 1.58. The standard InChI is InChI=1S/C10H5F6N3O4/c11-9(12,13)7(20)17-4-1-2-5(6(3-4)19(22)23)18-8(21)10(14,15)16/h1-3H,(H,17,20)(H,18,21). The molecule has 2 N–H and O–H groups in total. The van der Waals surface area contributed by atoms with Crippen LogP contribution in [0.5, 0.6) is 0 Å². The van der Waals surface area contributed by atoms with Crippen LogP contribution in [-0.2, 0) is 9.59 Å². The van der Waals surface area contributed by atoms with E-state index in [9.17, 15) is 46.0 Å². The number of nitro groups is 1. The number of carbonyl (C=O) groups is 2. The van der Waals surface area contributed by atoms with Crippen molar-refractivity contribution in [1.29, 1.82) is 0 Å². The Kier molecular flexibility index (Phi) is 4.82. The molecular weight excluding hydrogens is 340 g/mol. The normalized spacial score (nSPS) is 11.7. The predicted molar refractivity (Wildman–Crippen MR) is 62.5 cm³/mol. The lowest BCUT2D eigenvalue weighted by atomic mass is 10.2. The van der Waals surface area contributed by atoms with E-state index in [2.05, 4.69) is 0 Å². The van der Waals surface area contributed by atoms with Crippen LogP contribution in [0.4, 0.5) is 43.4 Å². The van der Waals surface area contributed by atoms with Crippen LogP contribution in [0.15, 0.2) is 18.2 Å². The molecule has 0 aliphatic rings. The number of nitrogens with zero attached hydrogens (tertiary/aromatic N) is 1. The Bertz CT molecular complexity index is 655. The number of anilines is 2. The summed E-state index contributed by atoms with van der Waals surface area (Å²) in [5, 5.41) is 13.2. The molecule has 0 radical (unpaired) electrons. The summed E-state index contributed by atoms with van der Waals surface area (Å²) < 4.78 is 72.4. The highest BCUT2D eigenvalue weighted by Crippen LogP contribution is 2.30. The maximum Gasteiger partial charge on any atom is 0.471 e. The van der Waals surface area contributed by atoms with Crippen LogP contribution >= 0.6 is 0 Å². The Balaban J connectivity index is 3.11. The molecule has 0 bridgehead atoms. The van der Waals surface area contributed by atoms with E-state index >= 15 is 0 Å². The number of nitro benzene ring substituents is 1. The highest BCUT2D eigenvalue weighted by Gasteiger charge is 2.40. The molecule has 0 aliphatic heterocycles. The van der Waals surface area contributed by atoms with Gasteiger partial charge in [-0.1, -0.05) is 0 Å². The third kappa shape index (κ3) is 4.82. The number of carbonyl (C=O) groups excluding carboxylic acids is 2. The number of hydrogen-bond acceptors (Lipinski definition) is 4. The molecule has 1 rings (SSSR count). The van der Waals surface area contributed by atoms with Crippen LogP contribution in [0.2, 0.25) is 0 Å². The average molecular weight is 345 g/mol. The van der Waals surface area contributed by atoms with Crippen LogP contribution in [0.1, 0.15) is 0 Å². The Labute approximate surface area is 122 Å². The summed E-state index contributed by atoms with van der Waals surface area (Å²) in [5.74, 6) is -4.94. The van der Waals surface area contributed by atoms with Crippen LogP contribution in [-0.4, -0.2) is 29.1 Å². The van der Waals surface area contributed by atoms with Gasteiger partial charge >= 0.3 is 24.2 Å². The lowest BCUT2D eigenvalue weighted by Gasteiger charge is -2.11. The van der Waals surface area contributed by atoms with Crippen molar-refractivity contribution < 1.29 is 40.9 Å². The van der Waals surface area contributed by atoms with Crippen molar-refractivity contribution in [3.8, 4) is 0 Å². The Morgan fingerprint density at radius 2 is 1.43 bits per heavy atom. The highest BCUT2D eigenvalue weighted by molar-refractivity contribution is 5.98. The lowest BCUT2D eigenvalue weighted by molar-refractivity contribution is -0.383. The molecule has 0 atom stereocenters. The number of nitrogens with one attached hydrogen (secondary N) is 2. The van der Waals surface area contributed by atoms with Crippen LogP contribution in [0.3, 0.4) is 0 Å². The van der Waals surface area contributed by atoms with Crippen molar-refractivity contribution in [1.82, 2.24) is 0 Å². The topological polar surface area (TPSA) is 101 Å². The van der Waals surface area contributed by atoms with Crippen LogP contribution in [0.25, 0.3) is 0 Å². The van der Waals surface area contributed by atoms with E-state index in [0.29, 0.717) is 18.2 Å². The third-order valence-corrected chi connectivity index (χ3v) is 2.22. The number of amides is 2. The molecule has 0 saturated heterocycles. The SMILES string of the molecule is O=C(Nc1ccc(NC(=O)C(F)(F)F)c([N+](=O)[O-])c1)C(F)(F)F. The number of rotatable bonds is 3. The van der Waals surface area contributed by atoms with E-state index in [-0.39, 0.29) is 0 Å². The van der Waals surface area contributed by atoms with Gasteiger partial charge in [0.15, 0.2) is 0 Å². The van der Waals surface area contributed by atoms with E-state index in [0.717, 1.165) is 0 Å². The first kappa shape index (κ1) is 18.2. The summed E-state index contributed by atoms with van der Waals surface area (Å²) in [6.45, 7) is 0. The van der Waals surface area contributed by atoms with Gasteiger partial charge in [-0.15, -0.1) is 0 Å². The summed E-state index contributed by atoms with van der Waals surface area (Å²) in [7, 11) is 0. The first-order valence-electron chi connectivity index (χ1n) is 5.37. The summed E-state index contributed by atoms with van der Waals surface area (Å²) in [4.78, 5) is 30.9. The van der Waals surface area contributed by atoms with Gasteiger partial charge in [-0.3, -0.25) is 19.7 Å². The van der Waals surface area contributed by atoms with Crippen molar-refractivity contribution >= 4 is 28.9 Å². The minimum Gasteiger partial charge on any atom is -0.318 e. The largest absolute Gasteiger partial charge is 0.471 e. The first-order chi connectivity index (χ1) is 10.3. The molecule has 2 amide bonds. The van der Waals surface area contributed by atoms with Gasteiger partial charge in [0.05, 0.1) is 4.92 Å². The predicted octanol–water partition coefficient (Wildman–Crippen LogP) is 2.60. The summed E-state index contributed by atoms with van der Waals surface area (Å²) in [5.41, 5.74) is -2.73. The second-order valence-corrected chi connectivity index (χ2v) is 3.89. The fourth-order valence-corrected chi connectivity index (χ4v) is 1.26. The molecular formula is C10H5F6N3O4. The zero-order valence-corrected chi connectivity index (χ0v) is 10.6. The van der Waals surface area contributed by atoms with Gasteiger partial charge in [0.25, 0.3) is 5.69 Å². The van der Waals surface area contributed by atoms with Crippen molar-refractivity contribution in [2.75, 3.05) is 10.6 Å². The molecule has 1 aromatic rings. The molecule has 23 heavy (non-hydrogen) atoms. The Hall–Kier alpha value is -2.86. The smallest absolute Gasteiger partial charge is 0.318 e. The Morgan fingerprint density at radius 1 is 0.957 bits per heavy atom. The Morgan fingerprint density at radius 3 is 1.87 bits per heavy atom. The monoisotopic (exact) mass is 345 g/mol. The molecule has 0 saturated carbocycles. The number of benzene rings is 1. The van der Waals surface area contributed by atoms with Gasteiger partial charge in [-0.2, -0.15) is 26.3 Å². The minimum absolute atomic E-state index is 0.371. The molecule has 0 spiro atoms. The molecule has 0 heterocycles. The fourth-order valence-electron chi connectivity index (χ4n) is 1.26. The van der Waals surface area contributed by atoms with E-state index in [1.807, 2.05) is 0 Å². The number of halogens is 6. The molecule has 7 nitrogen and oxygen atoms in total. The maximum atomic E-state index is 12.1. The molecule has 1 aromatic carbocycles. The minimum atomic E-state index is -5.32. The average Bonchev–Trinajstić information content (AvgIpc) is 2.37. The molecule has 0 unspecified atom stereocenters. The lowest BCUT2D eigenvalue weighted by Crippen LogP contribution is -2.30. The van der Waals surface area contributed by atoms with Crippen LogP contribution in [0, 0.1) is 10.1 Å². The quantitative estimate of drug-likeness (QED) is 0.499. The zero-order valence-electron chi connectivity index (χ0n) is 10.6. The van der Waals surface area contributed by atoms with Gasteiger partial charge in [0, 0.05) is 11.8 Å². The van der Waals surface area contributed by atoms with Gasteiger partial charge < -0.3 is 10.6 Å². The zero-order chi connectivity index (χ0) is 18.0. The summed E-state index contributed by atoms with van der Waals surface area (Å²) >= 11 is 0. The molecule has 0 fully saturated rings. The number of alkyl halides is 6.